The van der Waals surface area contributed by atoms with E-state index in [1.54, 1.807) is 30.3 Å². The summed E-state index contributed by atoms with van der Waals surface area (Å²) in [6, 6.07) is 8.34. The largest absolute Gasteiger partial charge is 0.481 e. The van der Waals surface area contributed by atoms with E-state index in [1.165, 1.54) is 0 Å². The lowest BCUT2D eigenvalue weighted by Crippen LogP contribution is -2.41. The Balaban J connectivity index is 1.78. The van der Waals surface area contributed by atoms with Gasteiger partial charge in [-0.3, -0.25) is 19.2 Å². The van der Waals surface area contributed by atoms with Crippen molar-refractivity contribution in [2.45, 2.75) is 42.7 Å². The quantitative estimate of drug-likeness (QED) is 0.532. The zero-order chi connectivity index (χ0) is 24.2. The van der Waals surface area contributed by atoms with Gasteiger partial charge in [0.05, 0.1) is 17.8 Å². The van der Waals surface area contributed by atoms with Gasteiger partial charge in [0, 0.05) is 12.2 Å². The molecule has 0 bridgehead atoms. The van der Waals surface area contributed by atoms with Gasteiger partial charge < -0.3 is 10.4 Å². The first-order chi connectivity index (χ1) is 15.6. The van der Waals surface area contributed by atoms with Crippen LogP contribution < -0.4 is 10.2 Å². The first kappa shape index (κ1) is 24.5. The van der Waals surface area contributed by atoms with Crippen LogP contribution in [0.1, 0.15) is 37.8 Å². The Morgan fingerprint density at radius 2 is 1.79 bits per heavy atom. The van der Waals surface area contributed by atoms with Gasteiger partial charge in [0.25, 0.3) is 0 Å². The fourth-order valence-corrected chi connectivity index (χ4v) is 5.76. The molecule has 0 radical (unpaired) electrons. The van der Waals surface area contributed by atoms with Crippen molar-refractivity contribution in [3.63, 3.8) is 0 Å². The number of imide groups is 1. The second-order valence-corrected chi connectivity index (χ2v) is 10.9. The number of hydrogen-bond acceptors (Lipinski definition) is 8. The summed E-state index contributed by atoms with van der Waals surface area (Å²) in [4.78, 5) is 54.5. The number of amides is 3. The van der Waals surface area contributed by atoms with Crippen molar-refractivity contribution in [2.75, 3.05) is 16.5 Å². The average molecular weight is 494 g/mol. The second kappa shape index (κ2) is 10.2. The number of thiazole rings is 1. The maximum atomic E-state index is 13.0. The van der Waals surface area contributed by atoms with Crippen LogP contribution in [0.3, 0.4) is 0 Å². The van der Waals surface area contributed by atoms with Gasteiger partial charge in [-0.2, -0.15) is 0 Å². The molecule has 1 saturated carbocycles. The first-order valence-corrected chi connectivity index (χ1v) is 12.9. The minimum Gasteiger partial charge on any atom is -0.481 e. The average Bonchev–Trinajstić information content (AvgIpc) is 3.38. The topological polar surface area (TPSA) is 151 Å². The highest BCUT2D eigenvalue weighted by atomic mass is 32.2. The van der Waals surface area contributed by atoms with Crippen LogP contribution in [0.4, 0.5) is 10.8 Å². The van der Waals surface area contributed by atoms with E-state index in [-0.39, 0.29) is 26.9 Å². The zero-order valence-electron chi connectivity index (χ0n) is 17.8. The van der Waals surface area contributed by atoms with E-state index in [9.17, 15) is 27.6 Å². The van der Waals surface area contributed by atoms with E-state index in [4.69, 9.17) is 5.11 Å². The summed E-state index contributed by atoms with van der Waals surface area (Å²) in [6.45, 7) is 0. The van der Waals surface area contributed by atoms with Crippen LogP contribution in [0.25, 0.3) is 0 Å². The predicted octanol–water partition coefficient (Wildman–Crippen LogP) is 2.25. The van der Waals surface area contributed by atoms with Gasteiger partial charge in [-0.15, -0.1) is 0 Å². The fourth-order valence-electron chi connectivity index (χ4n) is 3.64. The number of rotatable bonds is 8. The third-order valence-electron chi connectivity index (χ3n) is 5.06. The Morgan fingerprint density at radius 3 is 2.36 bits per heavy atom. The maximum absolute atomic E-state index is 13.0. The maximum Gasteiger partial charge on any atom is 0.309 e. The van der Waals surface area contributed by atoms with Crippen molar-refractivity contribution in [3.8, 4) is 0 Å². The van der Waals surface area contributed by atoms with Crippen LogP contribution in [-0.2, 0) is 35.4 Å². The van der Waals surface area contributed by atoms with Crippen LogP contribution in [0.5, 0.6) is 0 Å². The Labute approximate surface area is 194 Å². The van der Waals surface area contributed by atoms with Gasteiger partial charge in [0.2, 0.25) is 17.7 Å². The van der Waals surface area contributed by atoms with Crippen molar-refractivity contribution in [2.24, 2.45) is 5.92 Å². The number of anilines is 2. The van der Waals surface area contributed by atoms with Crippen LogP contribution in [0, 0.1) is 5.92 Å². The second-order valence-electron chi connectivity index (χ2n) is 7.71. The molecule has 12 heteroatoms. The number of benzene rings is 1. The SMILES string of the molecule is CS(=O)(=O)c1sc(NC(=O)CC(=O)N(C(=O)C2CCCC2)c2ccccc2)nc1CC(=O)O. The molecule has 1 fully saturated rings. The Bertz CT molecular complexity index is 1170. The number of aliphatic carboxylic acids is 1. The zero-order valence-corrected chi connectivity index (χ0v) is 19.4. The molecule has 2 N–H and O–H groups in total. The summed E-state index contributed by atoms with van der Waals surface area (Å²) in [5.74, 6) is -3.43. The fraction of sp³-hybridized carbons (Fsp3) is 0.381. The molecule has 1 aliphatic carbocycles. The van der Waals surface area contributed by atoms with Crippen LogP contribution in [-0.4, -0.2) is 48.5 Å². The molecular formula is C21H23N3O7S2. The molecule has 1 aromatic heterocycles. The van der Waals surface area contributed by atoms with Crippen molar-refractivity contribution in [1.29, 1.82) is 0 Å². The van der Waals surface area contributed by atoms with Gasteiger partial charge in [-0.1, -0.05) is 42.4 Å². The number of carboxylic acids is 1. The minimum absolute atomic E-state index is 0.141. The number of hydrogen-bond donors (Lipinski definition) is 2. The molecule has 0 saturated heterocycles. The molecular weight excluding hydrogens is 470 g/mol. The molecule has 0 aliphatic heterocycles. The number of sulfone groups is 1. The van der Waals surface area contributed by atoms with Gasteiger partial charge in [-0.05, 0) is 25.0 Å². The third kappa shape index (κ3) is 6.23. The van der Waals surface area contributed by atoms with Crippen molar-refractivity contribution < 1.29 is 32.7 Å². The lowest BCUT2D eigenvalue weighted by molar-refractivity contribution is -0.136. The third-order valence-corrected chi connectivity index (χ3v) is 7.94. The first-order valence-electron chi connectivity index (χ1n) is 10.2. The molecule has 0 atom stereocenters. The van der Waals surface area contributed by atoms with Crippen molar-refractivity contribution in [3.05, 3.63) is 36.0 Å². The van der Waals surface area contributed by atoms with E-state index >= 15 is 0 Å². The van der Waals surface area contributed by atoms with Gasteiger partial charge in [0.1, 0.15) is 10.6 Å². The molecule has 33 heavy (non-hydrogen) atoms. The van der Waals surface area contributed by atoms with E-state index in [0.717, 1.165) is 24.0 Å². The van der Waals surface area contributed by atoms with Gasteiger partial charge in [-0.25, -0.2) is 18.3 Å². The monoisotopic (exact) mass is 493 g/mol. The number of para-hydroxylation sites is 1. The Kier molecular flexibility index (Phi) is 7.59. The summed E-state index contributed by atoms with van der Waals surface area (Å²) in [5.41, 5.74) is 0.170. The van der Waals surface area contributed by atoms with Crippen LogP contribution in [0.15, 0.2) is 34.5 Å². The molecule has 0 unspecified atom stereocenters. The molecule has 1 heterocycles. The van der Waals surface area contributed by atoms with Crippen molar-refractivity contribution in [1.82, 2.24) is 4.98 Å². The standard InChI is InChI=1S/C21H23N3O7S2/c1-33(30,31)20-15(11-18(27)28)22-21(32-20)23-16(25)12-17(26)24(14-9-3-2-4-10-14)19(29)13-7-5-6-8-13/h2-4,9-10,13H,5-8,11-12H2,1H3,(H,27,28)(H,22,23,25). The summed E-state index contributed by atoms with van der Waals surface area (Å²) in [5, 5.41) is 11.2. The van der Waals surface area contributed by atoms with Gasteiger partial charge >= 0.3 is 5.97 Å². The van der Waals surface area contributed by atoms with E-state index < -0.39 is 40.5 Å². The smallest absolute Gasteiger partial charge is 0.309 e. The predicted molar refractivity (Wildman–Crippen MR) is 121 cm³/mol. The number of nitrogens with one attached hydrogen (secondary N) is 1. The number of carbonyl (C=O) groups excluding carboxylic acids is 3. The molecule has 1 aliphatic rings. The molecule has 0 spiro atoms. The number of carboxylic acid groups (broad SMARTS) is 1. The molecule has 2 aromatic rings. The highest BCUT2D eigenvalue weighted by Gasteiger charge is 2.33. The Morgan fingerprint density at radius 1 is 1.15 bits per heavy atom. The lowest BCUT2D eigenvalue weighted by atomic mass is 10.1. The molecule has 3 amide bonds. The number of aromatic nitrogens is 1. The number of nitrogens with zero attached hydrogens (tertiary/aromatic N) is 2. The van der Waals surface area contributed by atoms with Gasteiger partial charge in [0.15, 0.2) is 15.0 Å². The van der Waals surface area contributed by atoms with Crippen LogP contribution in [0.2, 0.25) is 0 Å². The highest BCUT2D eigenvalue weighted by molar-refractivity contribution is 7.92. The summed E-state index contributed by atoms with van der Waals surface area (Å²) >= 11 is 0.609. The molecule has 10 nitrogen and oxygen atoms in total. The number of carbonyl (C=O) groups is 4. The lowest BCUT2D eigenvalue weighted by Gasteiger charge is -2.23. The summed E-state index contributed by atoms with van der Waals surface area (Å²) in [7, 11) is -3.77. The molecule has 1 aromatic carbocycles. The van der Waals surface area contributed by atoms with Crippen molar-refractivity contribution >= 4 is 55.7 Å². The Hall–Kier alpha value is -3.12. The van der Waals surface area contributed by atoms with E-state index in [1.807, 2.05) is 0 Å². The summed E-state index contributed by atoms with van der Waals surface area (Å²) in [6.07, 6.45) is 2.77. The molecule has 176 valence electrons. The highest BCUT2D eigenvalue weighted by Crippen LogP contribution is 2.30. The minimum atomic E-state index is -3.77. The van der Waals surface area contributed by atoms with E-state index in [2.05, 4.69) is 10.3 Å². The normalized spacial score (nSPS) is 14.1. The molecule has 3 rings (SSSR count). The summed E-state index contributed by atoms with van der Waals surface area (Å²) < 4.78 is 23.6. The van der Waals surface area contributed by atoms with Crippen LogP contribution >= 0.6 is 11.3 Å². The van der Waals surface area contributed by atoms with E-state index in [0.29, 0.717) is 29.9 Å².